The first-order chi connectivity index (χ1) is 22.9. The second-order valence-electron chi connectivity index (χ2n) is 12.3. The van der Waals surface area contributed by atoms with Gasteiger partial charge in [-0.05, 0) is 60.4 Å². The lowest BCUT2D eigenvalue weighted by Crippen LogP contribution is -2.65. The average Bonchev–Trinajstić information content (AvgIpc) is 3.44. The van der Waals surface area contributed by atoms with Crippen molar-refractivity contribution in [1.29, 1.82) is 0 Å². The van der Waals surface area contributed by atoms with Crippen LogP contribution in [0.15, 0.2) is 109 Å². The standard InChI is InChI=1S/C39H44O8/c1-39(2)46-37-35(44-23-27-11-7-5-8-12-27)33(42-25-29-15-19-31(40-3)20-16-29)34(43-26-30-17-21-32(41-4)22-18-30)36(38(37)47-39)45-24-28-13-9-6-10-14-28/h5-22,33-38H,23-26H2,1-4H3/t33-,34-,35+,36+,37-,38+/m0/s1. The summed E-state index contributed by atoms with van der Waals surface area (Å²) in [6.45, 7) is 5.26. The quantitative estimate of drug-likeness (QED) is 0.148. The number of hydrogen-bond donors (Lipinski definition) is 0. The van der Waals surface area contributed by atoms with Crippen LogP contribution in [0.1, 0.15) is 36.1 Å². The predicted molar refractivity (Wildman–Crippen MR) is 177 cm³/mol. The van der Waals surface area contributed by atoms with E-state index < -0.39 is 42.4 Å². The van der Waals surface area contributed by atoms with Crippen molar-refractivity contribution in [2.45, 2.75) is 82.7 Å². The molecule has 47 heavy (non-hydrogen) atoms. The van der Waals surface area contributed by atoms with Crippen LogP contribution in [-0.4, -0.2) is 56.6 Å². The van der Waals surface area contributed by atoms with Gasteiger partial charge in [0, 0.05) is 0 Å². The molecule has 4 aromatic carbocycles. The topological polar surface area (TPSA) is 73.8 Å². The van der Waals surface area contributed by atoms with Crippen LogP contribution in [0.2, 0.25) is 0 Å². The molecule has 2 fully saturated rings. The fourth-order valence-corrected chi connectivity index (χ4v) is 6.19. The molecule has 2 aliphatic rings. The minimum absolute atomic E-state index is 0.329. The van der Waals surface area contributed by atoms with Crippen LogP contribution in [0.3, 0.4) is 0 Å². The fourth-order valence-electron chi connectivity index (χ4n) is 6.19. The number of hydrogen-bond acceptors (Lipinski definition) is 8. The highest BCUT2D eigenvalue weighted by atomic mass is 16.8. The van der Waals surface area contributed by atoms with Gasteiger partial charge in [-0.25, -0.2) is 0 Å². The van der Waals surface area contributed by atoms with Crippen molar-refractivity contribution < 1.29 is 37.9 Å². The Bertz CT molecular complexity index is 1400. The third-order valence-electron chi connectivity index (χ3n) is 8.56. The SMILES string of the molecule is COc1ccc(CO[C@H]2[C@H](OCc3ccc(OC)cc3)[C@@H](OCc3ccccc3)[C@@H]3OC(C)(C)O[C@@H]3[C@@H]2OCc2ccccc2)cc1. The highest BCUT2D eigenvalue weighted by Crippen LogP contribution is 2.42. The van der Waals surface area contributed by atoms with E-state index in [1.165, 1.54) is 0 Å². The Balaban J connectivity index is 1.34. The van der Waals surface area contributed by atoms with Gasteiger partial charge >= 0.3 is 0 Å². The van der Waals surface area contributed by atoms with Gasteiger partial charge in [0.05, 0.1) is 40.6 Å². The van der Waals surface area contributed by atoms with E-state index in [4.69, 9.17) is 37.9 Å². The van der Waals surface area contributed by atoms with Gasteiger partial charge in [0.15, 0.2) is 5.79 Å². The fraction of sp³-hybridized carbons (Fsp3) is 0.385. The van der Waals surface area contributed by atoms with E-state index in [0.717, 1.165) is 33.8 Å². The van der Waals surface area contributed by atoms with Crippen molar-refractivity contribution in [2.24, 2.45) is 0 Å². The molecule has 1 aliphatic heterocycles. The first-order valence-corrected chi connectivity index (χ1v) is 16.1. The summed E-state index contributed by atoms with van der Waals surface area (Å²) in [5.41, 5.74) is 4.09. The molecule has 0 radical (unpaired) electrons. The molecule has 0 spiro atoms. The molecule has 1 heterocycles. The zero-order valence-electron chi connectivity index (χ0n) is 27.5. The van der Waals surface area contributed by atoms with Gasteiger partial charge in [-0.15, -0.1) is 0 Å². The first kappa shape index (κ1) is 33.2. The molecule has 0 aromatic heterocycles. The van der Waals surface area contributed by atoms with Gasteiger partial charge in [0.25, 0.3) is 0 Å². The van der Waals surface area contributed by atoms with Crippen molar-refractivity contribution in [1.82, 2.24) is 0 Å². The molecule has 6 rings (SSSR count). The Hall–Kier alpha value is -3.76. The molecule has 6 atom stereocenters. The maximum absolute atomic E-state index is 6.81. The number of rotatable bonds is 14. The van der Waals surface area contributed by atoms with Crippen LogP contribution in [0.5, 0.6) is 11.5 Å². The molecule has 1 saturated heterocycles. The summed E-state index contributed by atoms with van der Waals surface area (Å²) in [6, 6.07) is 35.9. The third kappa shape index (κ3) is 8.40. The van der Waals surface area contributed by atoms with Crippen LogP contribution in [-0.2, 0) is 54.8 Å². The van der Waals surface area contributed by atoms with E-state index in [2.05, 4.69) is 0 Å². The van der Waals surface area contributed by atoms with Gasteiger partial charge in [-0.3, -0.25) is 0 Å². The largest absolute Gasteiger partial charge is 0.497 e. The second kappa shape index (κ2) is 15.4. The van der Waals surface area contributed by atoms with Gasteiger partial charge < -0.3 is 37.9 Å². The van der Waals surface area contributed by atoms with E-state index in [9.17, 15) is 0 Å². The molecule has 8 nitrogen and oxygen atoms in total. The van der Waals surface area contributed by atoms with Gasteiger partial charge in [-0.1, -0.05) is 84.9 Å². The second-order valence-corrected chi connectivity index (χ2v) is 12.3. The summed E-state index contributed by atoms with van der Waals surface area (Å²) in [4.78, 5) is 0. The molecule has 248 valence electrons. The molecule has 1 aliphatic carbocycles. The molecule has 4 aromatic rings. The smallest absolute Gasteiger partial charge is 0.164 e. The van der Waals surface area contributed by atoms with Crippen molar-refractivity contribution in [3.8, 4) is 11.5 Å². The van der Waals surface area contributed by atoms with Crippen molar-refractivity contribution >= 4 is 0 Å². The lowest BCUT2D eigenvalue weighted by atomic mass is 9.84. The van der Waals surface area contributed by atoms with Gasteiger partial charge in [0.2, 0.25) is 0 Å². The monoisotopic (exact) mass is 640 g/mol. The number of ether oxygens (including phenoxy) is 8. The van der Waals surface area contributed by atoms with Crippen LogP contribution in [0.4, 0.5) is 0 Å². The highest BCUT2D eigenvalue weighted by Gasteiger charge is 2.60. The molecule has 8 heteroatoms. The third-order valence-corrected chi connectivity index (χ3v) is 8.56. The molecular formula is C39H44O8. The minimum atomic E-state index is -0.858. The van der Waals surface area contributed by atoms with E-state index in [1.54, 1.807) is 14.2 Å². The van der Waals surface area contributed by atoms with Gasteiger partial charge in [0.1, 0.15) is 48.1 Å². The first-order valence-electron chi connectivity index (χ1n) is 16.1. The minimum Gasteiger partial charge on any atom is -0.497 e. The summed E-state index contributed by atoms with van der Waals surface area (Å²) < 4.78 is 51.0. The highest BCUT2D eigenvalue weighted by molar-refractivity contribution is 5.28. The molecule has 0 bridgehead atoms. The summed E-state index contributed by atoms with van der Waals surface area (Å²) >= 11 is 0. The van der Waals surface area contributed by atoms with E-state index in [1.807, 2.05) is 123 Å². The van der Waals surface area contributed by atoms with E-state index in [-0.39, 0.29) is 0 Å². The Labute approximate surface area is 277 Å². The molecule has 0 amide bonds. The zero-order chi connectivity index (χ0) is 32.6. The Morgan fingerprint density at radius 1 is 0.447 bits per heavy atom. The number of benzene rings is 4. The van der Waals surface area contributed by atoms with Crippen molar-refractivity contribution in [3.05, 3.63) is 131 Å². The normalized spacial score (nSPS) is 24.9. The van der Waals surface area contributed by atoms with Gasteiger partial charge in [-0.2, -0.15) is 0 Å². The van der Waals surface area contributed by atoms with E-state index >= 15 is 0 Å². The van der Waals surface area contributed by atoms with Crippen LogP contribution in [0, 0.1) is 0 Å². The van der Waals surface area contributed by atoms with Crippen LogP contribution in [0.25, 0.3) is 0 Å². The maximum Gasteiger partial charge on any atom is 0.164 e. The zero-order valence-corrected chi connectivity index (χ0v) is 27.5. The summed E-state index contributed by atoms with van der Waals surface area (Å²) in [6.07, 6.45) is -3.07. The summed E-state index contributed by atoms with van der Waals surface area (Å²) in [5, 5.41) is 0. The van der Waals surface area contributed by atoms with Crippen LogP contribution < -0.4 is 9.47 Å². The Kier molecular flexibility index (Phi) is 10.9. The predicted octanol–water partition coefficient (Wildman–Crippen LogP) is 6.88. The molecular weight excluding hydrogens is 596 g/mol. The molecule has 0 unspecified atom stereocenters. The summed E-state index contributed by atoms with van der Waals surface area (Å²) in [7, 11) is 3.31. The number of fused-ring (bicyclic) bond motifs is 1. The van der Waals surface area contributed by atoms with Crippen molar-refractivity contribution in [3.63, 3.8) is 0 Å². The van der Waals surface area contributed by atoms with Crippen molar-refractivity contribution in [2.75, 3.05) is 14.2 Å². The lowest BCUT2D eigenvalue weighted by molar-refractivity contribution is -0.252. The molecule has 1 saturated carbocycles. The number of methoxy groups -OCH3 is 2. The van der Waals surface area contributed by atoms with E-state index in [0.29, 0.717) is 26.4 Å². The lowest BCUT2D eigenvalue weighted by Gasteiger charge is -2.46. The average molecular weight is 641 g/mol. The maximum atomic E-state index is 6.81. The van der Waals surface area contributed by atoms with Crippen LogP contribution >= 0.6 is 0 Å². The summed E-state index contributed by atoms with van der Waals surface area (Å²) in [5.74, 6) is 0.711. The Morgan fingerprint density at radius 2 is 0.766 bits per heavy atom. The molecule has 0 N–H and O–H groups in total. The Morgan fingerprint density at radius 3 is 1.11 bits per heavy atom.